The molecule has 1 aliphatic heterocycles. The second-order valence-electron chi connectivity index (χ2n) is 6.67. The van der Waals surface area contributed by atoms with E-state index in [9.17, 15) is 0 Å². The van der Waals surface area contributed by atoms with Crippen molar-refractivity contribution in [3.8, 4) is 11.8 Å². The molecule has 1 fully saturated rings. The molecule has 0 amide bonds. The van der Waals surface area contributed by atoms with E-state index in [2.05, 4.69) is 50.0 Å². The van der Waals surface area contributed by atoms with Crippen LogP contribution in [0.1, 0.15) is 23.1 Å². The van der Waals surface area contributed by atoms with Crippen LogP contribution in [0, 0.1) is 11.3 Å². The van der Waals surface area contributed by atoms with Crippen LogP contribution in [0.5, 0.6) is 5.75 Å². The normalized spacial score (nSPS) is 16.0. The largest absolute Gasteiger partial charge is 0.496 e. The minimum absolute atomic E-state index is 0.721. The zero-order chi connectivity index (χ0) is 18.4. The van der Waals surface area contributed by atoms with Crippen LogP contribution in [-0.4, -0.2) is 43.1 Å². The Labute approximate surface area is 164 Å². The Bertz CT molecular complexity index is 770. The fourth-order valence-electron chi connectivity index (χ4n) is 3.40. The van der Waals surface area contributed by atoms with E-state index in [-0.39, 0.29) is 0 Å². The summed E-state index contributed by atoms with van der Waals surface area (Å²) < 4.78 is 6.60. The molecule has 0 saturated carbocycles. The van der Waals surface area contributed by atoms with Crippen molar-refractivity contribution < 1.29 is 4.74 Å². The molecule has 0 aromatic heterocycles. The summed E-state index contributed by atoms with van der Waals surface area (Å²) in [5.74, 6) is 0.951. The number of ether oxygens (including phenoxy) is 1. The number of benzene rings is 2. The van der Waals surface area contributed by atoms with E-state index in [0.717, 1.165) is 61.5 Å². The highest BCUT2D eigenvalue weighted by Gasteiger charge is 2.17. The van der Waals surface area contributed by atoms with Crippen molar-refractivity contribution in [3.05, 3.63) is 63.6 Å². The van der Waals surface area contributed by atoms with Crippen molar-refractivity contribution in [2.45, 2.75) is 19.5 Å². The van der Waals surface area contributed by atoms with Crippen molar-refractivity contribution in [3.63, 3.8) is 0 Å². The lowest BCUT2D eigenvalue weighted by Gasteiger charge is -2.22. The van der Waals surface area contributed by atoms with Crippen LogP contribution in [0.15, 0.2) is 46.9 Å². The lowest BCUT2D eigenvalue weighted by Crippen LogP contribution is -2.30. The molecule has 1 aliphatic rings. The Morgan fingerprint density at radius 2 is 1.69 bits per heavy atom. The van der Waals surface area contributed by atoms with Crippen molar-refractivity contribution >= 4 is 15.9 Å². The molecule has 5 heteroatoms. The van der Waals surface area contributed by atoms with Gasteiger partial charge in [-0.3, -0.25) is 9.80 Å². The van der Waals surface area contributed by atoms with Crippen molar-refractivity contribution in [1.82, 2.24) is 9.80 Å². The number of hydrogen-bond donors (Lipinski definition) is 0. The molecule has 0 spiro atoms. The zero-order valence-corrected chi connectivity index (χ0v) is 16.7. The molecule has 1 heterocycles. The van der Waals surface area contributed by atoms with Gasteiger partial charge in [-0.15, -0.1) is 0 Å². The van der Waals surface area contributed by atoms with Crippen LogP contribution in [0.3, 0.4) is 0 Å². The van der Waals surface area contributed by atoms with Crippen LogP contribution in [-0.2, 0) is 13.1 Å². The molecule has 0 aliphatic carbocycles. The SMILES string of the molecule is COc1ccc(Br)cc1CN1CCCN(Cc2ccc(C#N)cc2)CC1. The molecule has 2 aromatic rings. The second-order valence-corrected chi connectivity index (χ2v) is 7.59. The highest BCUT2D eigenvalue weighted by Crippen LogP contribution is 2.25. The minimum atomic E-state index is 0.721. The summed E-state index contributed by atoms with van der Waals surface area (Å²) in [6.45, 7) is 6.15. The van der Waals surface area contributed by atoms with Crippen molar-refractivity contribution in [1.29, 1.82) is 5.26 Å². The van der Waals surface area contributed by atoms with Gasteiger partial charge in [0.05, 0.1) is 18.7 Å². The average Bonchev–Trinajstić information content (AvgIpc) is 2.88. The standard InChI is InChI=1S/C21H24BrN3O/c1-26-21-8-7-20(22)13-19(21)16-25-10-2-9-24(11-12-25)15-18-5-3-17(14-23)4-6-18/h3-8,13H,2,9-12,15-16H2,1H3. The van der Waals surface area contributed by atoms with Gasteiger partial charge in [0.2, 0.25) is 0 Å². The molecule has 1 saturated heterocycles. The first-order valence-corrected chi connectivity index (χ1v) is 9.73. The average molecular weight is 414 g/mol. The molecule has 0 unspecified atom stereocenters. The summed E-state index contributed by atoms with van der Waals surface area (Å²) in [4.78, 5) is 5.00. The lowest BCUT2D eigenvalue weighted by atomic mass is 10.1. The Hall–Kier alpha value is -1.87. The number of nitrogens with zero attached hydrogens (tertiary/aromatic N) is 3. The van der Waals surface area contributed by atoms with Gasteiger partial charge in [-0.05, 0) is 55.4 Å². The molecule has 26 heavy (non-hydrogen) atoms. The Balaban J connectivity index is 1.58. The van der Waals surface area contributed by atoms with Crippen LogP contribution >= 0.6 is 15.9 Å². The Morgan fingerprint density at radius 1 is 1.00 bits per heavy atom. The van der Waals surface area contributed by atoms with Crippen LogP contribution in [0.2, 0.25) is 0 Å². The molecule has 0 radical (unpaired) electrons. The third-order valence-electron chi connectivity index (χ3n) is 4.81. The van der Waals surface area contributed by atoms with E-state index >= 15 is 0 Å². The maximum Gasteiger partial charge on any atom is 0.123 e. The molecule has 2 aromatic carbocycles. The van der Waals surface area contributed by atoms with Gasteiger partial charge in [0.25, 0.3) is 0 Å². The van der Waals surface area contributed by atoms with E-state index < -0.39 is 0 Å². The number of nitriles is 1. The lowest BCUT2D eigenvalue weighted by molar-refractivity contribution is 0.245. The first kappa shape index (κ1) is 18.9. The van der Waals surface area contributed by atoms with Gasteiger partial charge in [0.15, 0.2) is 0 Å². The van der Waals surface area contributed by atoms with E-state index in [1.54, 1.807) is 7.11 Å². The van der Waals surface area contributed by atoms with E-state index in [0.29, 0.717) is 0 Å². The van der Waals surface area contributed by atoms with Gasteiger partial charge in [-0.1, -0.05) is 28.1 Å². The Kier molecular flexibility index (Phi) is 6.67. The topological polar surface area (TPSA) is 39.5 Å². The maximum atomic E-state index is 8.91. The fraction of sp³-hybridized carbons (Fsp3) is 0.381. The van der Waals surface area contributed by atoms with Gasteiger partial charge in [-0.25, -0.2) is 0 Å². The van der Waals surface area contributed by atoms with Gasteiger partial charge in [0.1, 0.15) is 5.75 Å². The quantitative estimate of drug-likeness (QED) is 0.741. The molecular weight excluding hydrogens is 390 g/mol. The number of halogens is 1. The summed E-state index contributed by atoms with van der Waals surface area (Å²) in [6.07, 6.45) is 1.16. The maximum absolute atomic E-state index is 8.91. The highest BCUT2D eigenvalue weighted by atomic mass is 79.9. The molecule has 0 bridgehead atoms. The smallest absolute Gasteiger partial charge is 0.123 e. The summed E-state index contributed by atoms with van der Waals surface area (Å²) in [5, 5.41) is 8.91. The molecule has 0 atom stereocenters. The monoisotopic (exact) mass is 413 g/mol. The predicted octanol–water partition coefficient (Wildman–Crippen LogP) is 4.04. The molecular formula is C21H24BrN3O. The third kappa shape index (κ3) is 5.07. The van der Waals surface area contributed by atoms with Gasteiger partial charge < -0.3 is 4.74 Å². The predicted molar refractivity (Wildman–Crippen MR) is 107 cm³/mol. The molecule has 136 valence electrons. The minimum Gasteiger partial charge on any atom is -0.496 e. The number of hydrogen-bond acceptors (Lipinski definition) is 4. The van der Waals surface area contributed by atoms with Crippen LogP contribution in [0.25, 0.3) is 0 Å². The fourth-order valence-corrected chi connectivity index (χ4v) is 3.80. The van der Waals surface area contributed by atoms with E-state index in [4.69, 9.17) is 10.00 Å². The van der Waals surface area contributed by atoms with Crippen molar-refractivity contribution in [2.75, 3.05) is 33.3 Å². The van der Waals surface area contributed by atoms with Crippen LogP contribution in [0.4, 0.5) is 0 Å². The zero-order valence-electron chi connectivity index (χ0n) is 15.1. The van der Waals surface area contributed by atoms with Gasteiger partial charge in [-0.2, -0.15) is 5.26 Å². The number of rotatable bonds is 5. The molecule has 3 rings (SSSR count). The first-order chi connectivity index (χ1) is 12.7. The van der Waals surface area contributed by atoms with E-state index in [1.165, 1.54) is 11.1 Å². The summed E-state index contributed by atoms with van der Waals surface area (Å²) in [7, 11) is 1.73. The highest BCUT2D eigenvalue weighted by molar-refractivity contribution is 9.10. The first-order valence-electron chi connectivity index (χ1n) is 8.94. The van der Waals surface area contributed by atoms with Crippen LogP contribution < -0.4 is 4.74 Å². The summed E-state index contributed by atoms with van der Waals surface area (Å²) >= 11 is 3.56. The number of methoxy groups -OCH3 is 1. The van der Waals surface area contributed by atoms with Gasteiger partial charge >= 0.3 is 0 Å². The summed E-state index contributed by atoms with van der Waals surface area (Å²) in [5.41, 5.74) is 3.22. The summed E-state index contributed by atoms with van der Waals surface area (Å²) in [6, 6.07) is 16.3. The van der Waals surface area contributed by atoms with Gasteiger partial charge in [0, 0.05) is 36.2 Å². The third-order valence-corrected chi connectivity index (χ3v) is 5.30. The molecule has 4 nitrogen and oxygen atoms in total. The second kappa shape index (κ2) is 9.18. The van der Waals surface area contributed by atoms with E-state index in [1.807, 2.05) is 24.3 Å². The Morgan fingerprint density at radius 3 is 2.35 bits per heavy atom. The van der Waals surface area contributed by atoms with Crippen molar-refractivity contribution in [2.24, 2.45) is 0 Å². The molecule has 0 N–H and O–H groups in total.